The van der Waals surface area contributed by atoms with Crippen LogP contribution in [-0.4, -0.2) is 17.0 Å². The zero-order chi connectivity index (χ0) is 10.8. The Morgan fingerprint density at radius 2 is 1.27 bits per heavy atom. The van der Waals surface area contributed by atoms with Crippen LogP contribution in [0, 0.1) is 0 Å². The first-order valence-electron chi connectivity index (χ1n) is 5.04. The van der Waals surface area contributed by atoms with E-state index >= 15 is 0 Å². The zero-order valence-electron chi connectivity index (χ0n) is 9.04. The molecule has 5 heteroatoms. The summed E-state index contributed by atoms with van der Waals surface area (Å²) in [6.07, 6.45) is 5.52. The van der Waals surface area contributed by atoms with Crippen LogP contribution in [0.25, 0.3) is 0 Å². The average molecular weight is 314 g/mol. The van der Waals surface area contributed by atoms with E-state index < -0.39 is 11.9 Å². The summed E-state index contributed by atoms with van der Waals surface area (Å²) in [5.41, 5.74) is 0. The number of hydrogen-bond donors (Lipinski definition) is 1. The first-order valence-corrected chi connectivity index (χ1v) is 5.04. The summed E-state index contributed by atoms with van der Waals surface area (Å²) in [6, 6.07) is 0. The van der Waals surface area contributed by atoms with Gasteiger partial charge in [0, 0.05) is 39.7 Å². The van der Waals surface area contributed by atoms with Crippen molar-refractivity contribution >= 4 is 11.9 Å². The molecule has 0 heterocycles. The molecule has 0 rings (SSSR count). The number of aliphatic carboxylic acids is 2. The maximum atomic E-state index is 10.1. The molecule has 1 N–H and O–H groups in total. The van der Waals surface area contributed by atoms with Crippen molar-refractivity contribution in [3.63, 3.8) is 0 Å². The van der Waals surface area contributed by atoms with E-state index in [1.807, 2.05) is 0 Å². The predicted octanol–water partition coefficient (Wildman–Crippen LogP) is 0.939. The van der Waals surface area contributed by atoms with E-state index in [1.54, 1.807) is 0 Å². The number of carboxylic acid groups (broad SMARTS) is 2. The molecule has 0 bridgehead atoms. The van der Waals surface area contributed by atoms with Gasteiger partial charge in [-0.25, -0.2) is 0 Å². The van der Waals surface area contributed by atoms with Gasteiger partial charge in [0.05, 0.1) is 0 Å². The molecule has 0 aromatic heterocycles. The van der Waals surface area contributed by atoms with Crippen LogP contribution in [0.1, 0.15) is 51.4 Å². The van der Waals surface area contributed by atoms with Crippen molar-refractivity contribution in [1.29, 1.82) is 0 Å². The van der Waals surface area contributed by atoms with Crippen LogP contribution in [0.5, 0.6) is 0 Å². The van der Waals surface area contributed by atoms with E-state index in [0.717, 1.165) is 32.1 Å². The summed E-state index contributed by atoms with van der Waals surface area (Å²) in [7, 11) is 0. The number of hydrogen-bond acceptors (Lipinski definition) is 3. The fourth-order valence-electron chi connectivity index (χ4n) is 1.25. The summed E-state index contributed by atoms with van der Waals surface area (Å²) in [5.74, 6) is -1.74. The van der Waals surface area contributed by atoms with Crippen LogP contribution in [0.15, 0.2) is 0 Å². The molecule has 0 saturated heterocycles. The number of rotatable bonds is 9. The van der Waals surface area contributed by atoms with E-state index in [1.165, 1.54) is 0 Å². The van der Waals surface area contributed by atoms with Gasteiger partial charge in [-0.05, 0) is 19.3 Å². The Hall–Kier alpha value is -0.138. The minimum Gasteiger partial charge on any atom is -0.550 e. The third-order valence-corrected chi connectivity index (χ3v) is 2.02. The van der Waals surface area contributed by atoms with Crippen molar-refractivity contribution in [2.24, 2.45) is 0 Å². The quantitative estimate of drug-likeness (QED) is 0.507. The largest absolute Gasteiger partial charge is 0.550 e. The molecule has 0 amide bonds. The van der Waals surface area contributed by atoms with Gasteiger partial charge in [-0.1, -0.05) is 25.7 Å². The average Bonchev–Trinajstić information content (AvgIpc) is 2.08. The van der Waals surface area contributed by atoms with E-state index in [9.17, 15) is 14.7 Å². The van der Waals surface area contributed by atoms with Crippen LogP contribution in [0.2, 0.25) is 0 Å². The molecule has 0 unspecified atom stereocenters. The Labute approximate surface area is 110 Å². The van der Waals surface area contributed by atoms with E-state index in [2.05, 4.69) is 0 Å². The predicted molar refractivity (Wildman–Crippen MR) is 49.6 cm³/mol. The van der Waals surface area contributed by atoms with E-state index in [0.29, 0.717) is 6.42 Å². The van der Waals surface area contributed by atoms with Gasteiger partial charge in [-0.3, -0.25) is 4.79 Å². The van der Waals surface area contributed by atoms with Gasteiger partial charge in [-0.2, -0.15) is 0 Å². The molecule has 0 radical (unpaired) electrons. The SMILES string of the molecule is O=C([O-])CCCCCCCCC(=O)O.[Cd]. The van der Waals surface area contributed by atoms with Crippen molar-refractivity contribution in [2.45, 2.75) is 51.4 Å². The first kappa shape index (κ1) is 17.3. The van der Waals surface area contributed by atoms with Crippen LogP contribution >= 0.6 is 0 Å². The first-order chi connectivity index (χ1) is 6.63. The third kappa shape index (κ3) is 16.5. The molecule has 0 spiro atoms. The molecular formula is C10H17CdO4-. The van der Waals surface area contributed by atoms with Gasteiger partial charge in [0.2, 0.25) is 0 Å². The summed E-state index contributed by atoms with van der Waals surface area (Å²) in [6.45, 7) is 0. The van der Waals surface area contributed by atoms with Gasteiger partial charge in [0.1, 0.15) is 0 Å². The second-order valence-corrected chi connectivity index (χ2v) is 3.39. The summed E-state index contributed by atoms with van der Waals surface area (Å²) in [5, 5.41) is 18.4. The number of carbonyl (C=O) groups excluding carboxylic acids is 1. The summed E-state index contributed by atoms with van der Waals surface area (Å²) >= 11 is 0. The number of unbranched alkanes of at least 4 members (excludes halogenated alkanes) is 5. The van der Waals surface area contributed by atoms with Crippen LogP contribution in [0.3, 0.4) is 0 Å². The Kier molecular flexibility index (Phi) is 13.7. The molecule has 0 fully saturated rings. The monoisotopic (exact) mass is 315 g/mol. The van der Waals surface area contributed by atoms with Crippen molar-refractivity contribution < 1.29 is 47.1 Å². The molecule has 0 aliphatic heterocycles. The maximum Gasteiger partial charge on any atom is 0.303 e. The van der Waals surface area contributed by atoms with Crippen molar-refractivity contribution in [3.05, 3.63) is 0 Å². The van der Waals surface area contributed by atoms with Crippen molar-refractivity contribution in [1.82, 2.24) is 0 Å². The molecule has 15 heavy (non-hydrogen) atoms. The molecular weight excluding hydrogens is 297 g/mol. The van der Waals surface area contributed by atoms with Crippen LogP contribution < -0.4 is 5.11 Å². The molecule has 0 aliphatic carbocycles. The Morgan fingerprint density at radius 1 is 0.867 bits per heavy atom. The minimum absolute atomic E-state index is 0. The van der Waals surface area contributed by atoms with E-state index in [4.69, 9.17) is 5.11 Å². The fourth-order valence-corrected chi connectivity index (χ4v) is 1.25. The van der Waals surface area contributed by atoms with Crippen LogP contribution in [-0.2, 0) is 36.9 Å². The van der Waals surface area contributed by atoms with E-state index in [-0.39, 0.29) is 40.1 Å². The van der Waals surface area contributed by atoms with Gasteiger partial charge in [0.25, 0.3) is 0 Å². The molecule has 0 saturated carbocycles. The maximum absolute atomic E-state index is 10.1. The number of carboxylic acids is 2. The van der Waals surface area contributed by atoms with Gasteiger partial charge >= 0.3 is 5.97 Å². The summed E-state index contributed by atoms with van der Waals surface area (Å²) < 4.78 is 0. The molecule has 4 nitrogen and oxygen atoms in total. The Morgan fingerprint density at radius 3 is 1.67 bits per heavy atom. The molecule has 0 aromatic rings. The van der Waals surface area contributed by atoms with Crippen molar-refractivity contribution in [2.75, 3.05) is 0 Å². The van der Waals surface area contributed by atoms with Gasteiger partial charge in [0.15, 0.2) is 0 Å². The molecule has 84 valence electrons. The van der Waals surface area contributed by atoms with Gasteiger partial charge < -0.3 is 15.0 Å². The third-order valence-electron chi connectivity index (χ3n) is 2.02. The smallest absolute Gasteiger partial charge is 0.303 e. The molecule has 0 aliphatic rings. The second-order valence-electron chi connectivity index (χ2n) is 3.39. The van der Waals surface area contributed by atoms with Gasteiger partial charge in [-0.15, -0.1) is 0 Å². The minimum atomic E-state index is -0.990. The second kappa shape index (κ2) is 11.9. The topological polar surface area (TPSA) is 77.4 Å². The number of carbonyl (C=O) groups is 2. The standard InChI is InChI=1S/C10H18O4.Cd/c11-9(12)7-5-3-1-2-4-6-8-10(13)14;/h1-8H2,(H,11,12)(H,13,14);/p-1. The fraction of sp³-hybridized carbons (Fsp3) is 0.800. The Balaban J connectivity index is 0. The molecule has 0 aromatic carbocycles. The Bertz CT molecular complexity index is 162. The van der Waals surface area contributed by atoms with Crippen molar-refractivity contribution in [3.8, 4) is 0 Å². The normalized spacial score (nSPS) is 9.33. The molecule has 0 atom stereocenters. The zero-order valence-corrected chi connectivity index (χ0v) is 13.1. The van der Waals surface area contributed by atoms with Crippen LogP contribution in [0.4, 0.5) is 0 Å². The summed E-state index contributed by atoms with van der Waals surface area (Å²) in [4.78, 5) is 20.2.